The SMILES string of the molecule is C1=CSSN1.Nc1ccccc1-c1ccccc1N. The molecule has 3 nitrogen and oxygen atoms in total. The highest BCUT2D eigenvalue weighted by molar-refractivity contribution is 8.77. The van der Waals surface area contributed by atoms with Gasteiger partial charge in [0.15, 0.2) is 0 Å². The maximum Gasteiger partial charge on any atom is 0.0394 e. The molecule has 1 heterocycles. The van der Waals surface area contributed by atoms with Gasteiger partial charge in [0.25, 0.3) is 0 Å². The summed E-state index contributed by atoms with van der Waals surface area (Å²) in [7, 11) is 3.33. The van der Waals surface area contributed by atoms with E-state index in [0.29, 0.717) is 0 Å². The molecule has 0 radical (unpaired) electrons. The molecule has 19 heavy (non-hydrogen) atoms. The molecule has 0 fully saturated rings. The minimum absolute atomic E-state index is 0.755. The Labute approximate surface area is 121 Å². The molecule has 0 amide bonds. The van der Waals surface area contributed by atoms with Gasteiger partial charge in [-0.3, -0.25) is 0 Å². The van der Waals surface area contributed by atoms with Crippen LogP contribution in [-0.2, 0) is 0 Å². The van der Waals surface area contributed by atoms with Gasteiger partial charge in [-0.2, -0.15) is 0 Å². The first-order chi connectivity index (χ1) is 9.29. The zero-order valence-electron chi connectivity index (χ0n) is 10.2. The maximum atomic E-state index is 5.87. The van der Waals surface area contributed by atoms with E-state index in [9.17, 15) is 0 Å². The average Bonchev–Trinajstić information content (AvgIpc) is 3.00. The van der Waals surface area contributed by atoms with Crippen LogP contribution in [0.5, 0.6) is 0 Å². The number of benzene rings is 2. The largest absolute Gasteiger partial charge is 0.398 e. The molecule has 2 aromatic rings. The van der Waals surface area contributed by atoms with Crippen LogP contribution in [0.3, 0.4) is 0 Å². The normalized spacial score (nSPS) is 12.4. The standard InChI is InChI=1S/C12H12N2.C2H3NS2/c13-11-7-3-1-5-9(11)10-6-2-4-8-12(10)14;1-2-4-5-3-1/h1-8H,13-14H2;1-3H. The number of nitrogens with two attached hydrogens (primary N) is 2. The molecule has 98 valence electrons. The Morgan fingerprint density at radius 2 is 1.32 bits per heavy atom. The lowest BCUT2D eigenvalue weighted by Gasteiger charge is -2.07. The fourth-order valence-corrected chi connectivity index (χ4v) is 2.73. The molecule has 0 saturated heterocycles. The first-order valence-electron chi connectivity index (χ1n) is 5.71. The Balaban J connectivity index is 0.000000224. The quantitative estimate of drug-likeness (QED) is 0.422. The molecule has 3 rings (SSSR count). The second kappa shape index (κ2) is 7.01. The smallest absolute Gasteiger partial charge is 0.0394 e. The molecule has 0 aromatic heterocycles. The zero-order chi connectivity index (χ0) is 13.5. The van der Waals surface area contributed by atoms with Crippen molar-refractivity contribution >= 4 is 33.1 Å². The second-order valence-electron chi connectivity index (χ2n) is 3.77. The van der Waals surface area contributed by atoms with E-state index in [2.05, 4.69) is 4.72 Å². The third-order valence-corrected chi connectivity index (χ3v) is 3.99. The van der Waals surface area contributed by atoms with E-state index < -0.39 is 0 Å². The van der Waals surface area contributed by atoms with Crippen LogP contribution in [0.25, 0.3) is 11.1 Å². The van der Waals surface area contributed by atoms with Gasteiger partial charge in [0, 0.05) is 45.1 Å². The highest BCUT2D eigenvalue weighted by Crippen LogP contribution is 2.29. The zero-order valence-corrected chi connectivity index (χ0v) is 11.9. The molecule has 1 aliphatic heterocycles. The van der Waals surface area contributed by atoms with Gasteiger partial charge in [-0.05, 0) is 22.9 Å². The van der Waals surface area contributed by atoms with Crippen molar-refractivity contribution < 1.29 is 0 Å². The summed E-state index contributed by atoms with van der Waals surface area (Å²) in [5.41, 5.74) is 15.2. The molecule has 0 saturated carbocycles. The molecule has 0 atom stereocenters. The third kappa shape index (κ3) is 3.87. The van der Waals surface area contributed by atoms with E-state index in [1.54, 1.807) is 21.8 Å². The molecule has 0 unspecified atom stereocenters. The van der Waals surface area contributed by atoms with Crippen LogP contribution in [0, 0.1) is 0 Å². The first kappa shape index (κ1) is 13.7. The third-order valence-electron chi connectivity index (χ3n) is 2.50. The molecule has 0 aliphatic carbocycles. The van der Waals surface area contributed by atoms with Crippen molar-refractivity contribution in [3.05, 3.63) is 60.1 Å². The number of nitrogen functional groups attached to an aromatic ring is 2. The highest BCUT2D eigenvalue weighted by Gasteiger charge is 2.03. The van der Waals surface area contributed by atoms with Crippen LogP contribution in [-0.4, -0.2) is 0 Å². The van der Waals surface area contributed by atoms with Crippen LogP contribution < -0.4 is 16.2 Å². The summed E-state index contributed by atoms with van der Waals surface area (Å²) >= 11 is 0. The van der Waals surface area contributed by atoms with E-state index in [1.807, 2.05) is 60.1 Å². The van der Waals surface area contributed by atoms with E-state index in [-0.39, 0.29) is 0 Å². The summed E-state index contributed by atoms with van der Waals surface area (Å²) in [5, 5.41) is 2.00. The number of nitrogens with one attached hydrogen (secondary N) is 1. The van der Waals surface area contributed by atoms with Gasteiger partial charge in [0.2, 0.25) is 0 Å². The Hall–Kier alpha value is -1.72. The first-order valence-corrected chi connectivity index (χ1v) is 7.92. The lowest BCUT2D eigenvalue weighted by molar-refractivity contribution is 1.46. The minimum Gasteiger partial charge on any atom is -0.398 e. The Morgan fingerprint density at radius 3 is 1.63 bits per heavy atom. The summed E-state index contributed by atoms with van der Waals surface area (Å²) < 4.78 is 2.92. The van der Waals surface area contributed by atoms with Gasteiger partial charge in [0.1, 0.15) is 0 Å². The van der Waals surface area contributed by atoms with E-state index >= 15 is 0 Å². The van der Waals surface area contributed by atoms with Crippen molar-refractivity contribution in [3.8, 4) is 11.1 Å². The lowest BCUT2D eigenvalue weighted by Crippen LogP contribution is -1.93. The summed E-state index contributed by atoms with van der Waals surface area (Å²) in [6.45, 7) is 0. The topological polar surface area (TPSA) is 64.1 Å². The highest BCUT2D eigenvalue weighted by atomic mass is 33.1. The molecular formula is C14H15N3S2. The number of rotatable bonds is 1. The number of hydrogen-bond acceptors (Lipinski definition) is 5. The van der Waals surface area contributed by atoms with Gasteiger partial charge in [0.05, 0.1) is 0 Å². The molecule has 0 spiro atoms. The lowest BCUT2D eigenvalue weighted by atomic mass is 10.0. The van der Waals surface area contributed by atoms with Crippen LogP contribution in [0.4, 0.5) is 11.4 Å². The fourth-order valence-electron chi connectivity index (χ4n) is 1.62. The summed E-state index contributed by atoms with van der Waals surface area (Å²) in [6, 6.07) is 15.4. The van der Waals surface area contributed by atoms with Crippen molar-refractivity contribution in [1.82, 2.24) is 4.72 Å². The predicted molar refractivity (Wildman–Crippen MR) is 88.2 cm³/mol. The molecule has 5 N–H and O–H groups in total. The Kier molecular flexibility index (Phi) is 5.06. The summed E-state index contributed by atoms with van der Waals surface area (Å²) in [5.74, 6) is 0. The molecule has 0 bridgehead atoms. The van der Waals surface area contributed by atoms with Gasteiger partial charge in [-0.15, -0.1) is 0 Å². The second-order valence-corrected chi connectivity index (χ2v) is 5.72. The van der Waals surface area contributed by atoms with Crippen LogP contribution >= 0.6 is 21.8 Å². The Bertz CT molecular complexity index is 521. The molecule has 2 aromatic carbocycles. The van der Waals surface area contributed by atoms with Gasteiger partial charge in [-0.25, -0.2) is 0 Å². The van der Waals surface area contributed by atoms with Gasteiger partial charge in [-0.1, -0.05) is 36.4 Å². The van der Waals surface area contributed by atoms with Gasteiger partial charge >= 0.3 is 0 Å². The van der Waals surface area contributed by atoms with Crippen molar-refractivity contribution in [2.24, 2.45) is 0 Å². The van der Waals surface area contributed by atoms with Gasteiger partial charge < -0.3 is 16.2 Å². The predicted octanol–water partition coefficient (Wildman–Crippen LogP) is 3.88. The van der Waals surface area contributed by atoms with E-state index in [4.69, 9.17) is 11.5 Å². The van der Waals surface area contributed by atoms with Crippen LogP contribution in [0.15, 0.2) is 60.1 Å². The number of hydrogen-bond donors (Lipinski definition) is 3. The van der Waals surface area contributed by atoms with E-state index in [1.165, 1.54) is 0 Å². The summed E-state index contributed by atoms with van der Waals surface area (Å²) in [4.78, 5) is 0. The van der Waals surface area contributed by atoms with E-state index in [0.717, 1.165) is 22.5 Å². The molecule has 1 aliphatic rings. The molecular weight excluding hydrogens is 274 g/mol. The number of anilines is 2. The average molecular weight is 289 g/mol. The van der Waals surface area contributed by atoms with Crippen molar-refractivity contribution in [2.45, 2.75) is 0 Å². The Morgan fingerprint density at radius 1 is 0.789 bits per heavy atom. The minimum atomic E-state index is 0.755. The van der Waals surface area contributed by atoms with Crippen LogP contribution in [0.1, 0.15) is 0 Å². The molecule has 5 heteroatoms. The monoisotopic (exact) mass is 289 g/mol. The number of para-hydroxylation sites is 2. The van der Waals surface area contributed by atoms with Crippen LogP contribution in [0.2, 0.25) is 0 Å². The fraction of sp³-hybridized carbons (Fsp3) is 0. The van der Waals surface area contributed by atoms with Crippen molar-refractivity contribution in [1.29, 1.82) is 0 Å². The maximum absolute atomic E-state index is 5.87. The van der Waals surface area contributed by atoms with Crippen molar-refractivity contribution in [3.63, 3.8) is 0 Å². The summed E-state index contributed by atoms with van der Waals surface area (Å²) in [6.07, 6.45) is 1.91. The van der Waals surface area contributed by atoms with Crippen molar-refractivity contribution in [2.75, 3.05) is 11.5 Å².